The normalized spacial score (nSPS) is 13.4. The molecule has 392 valence electrons. The molecule has 0 aromatic carbocycles. The Labute approximate surface area is 416 Å². The largest absolute Gasteiger partial charge is 0.462 e. The minimum Gasteiger partial charge on any atom is -0.462 e. The van der Waals surface area contributed by atoms with Crippen molar-refractivity contribution < 1.29 is 24.5 Å². The van der Waals surface area contributed by atoms with E-state index in [0.717, 1.165) is 70.6 Å². The van der Waals surface area contributed by atoms with Gasteiger partial charge in [0.05, 0.1) is 25.2 Å². The Bertz CT molecular complexity index is 1150. The zero-order valence-electron chi connectivity index (χ0n) is 44.8. The van der Waals surface area contributed by atoms with Crippen molar-refractivity contribution in [3.63, 3.8) is 0 Å². The third-order valence-corrected chi connectivity index (χ3v) is 13.5. The van der Waals surface area contributed by atoms with Crippen LogP contribution >= 0.6 is 0 Å². The quantitative estimate of drug-likeness (QED) is 0.0321. The molecule has 0 bridgehead atoms. The van der Waals surface area contributed by atoms with Gasteiger partial charge in [-0.05, 0) is 51.4 Å². The topological polar surface area (TPSA) is 95.9 Å². The van der Waals surface area contributed by atoms with Gasteiger partial charge in [0.25, 0.3) is 0 Å². The summed E-state index contributed by atoms with van der Waals surface area (Å²) in [5.74, 6) is -0.498. The monoisotopic (exact) mass is 940 g/mol. The summed E-state index contributed by atoms with van der Waals surface area (Å²) in [7, 11) is 0. The highest BCUT2D eigenvalue weighted by molar-refractivity contribution is 5.77. The summed E-state index contributed by atoms with van der Waals surface area (Å²) in [4.78, 5) is 26.3. The molecule has 0 heterocycles. The molecular formula is C61H113NO5. The molecule has 0 aromatic rings. The fourth-order valence-corrected chi connectivity index (χ4v) is 9.03. The molecule has 1 amide bonds. The molecule has 3 unspecified atom stereocenters. The number of hydrogen-bond donors (Lipinski definition) is 3. The molecule has 0 aliphatic rings. The van der Waals surface area contributed by atoms with Gasteiger partial charge in [0.2, 0.25) is 5.91 Å². The minimum atomic E-state index is -0.799. The van der Waals surface area contributed by atoms with Crippen molar-refractivity contribution in [2.24, 2.45) is 0 Å². The van der Waals surface area contributed by atoms with Crippen LogP contribution in [0, 0.1) is 0 Å². The predicted octanol–water partition coefficient (Wildman–Crippen LogP) is 18.2. The van der Waals surface area contributed by atoms with E-state index in [1.54, 1.807) is 0 Å². The van der Waals surface area contributed by atoms with Gasteiger partial charge in [0.15, 0.2) is 0 Å². The number of amides is 1. The standard InChI is InChI=1S/C61H113NO5/c1-4-7-10-13-16-19-22-25-28-30-33-35-38-41-44-47-50-53-59(64)58(56-63)62-60(65)55-57(52-49-46-43-40-37-34-32-29-26-23-20-17-14-11-8-5-2)67-61(66)54-51-48-45-42-39-36-31-27-24-21-18-15-12-9-6-3/h17,20,23,26,29,32,34,37,57-59,63-64H,4-16,18-19,21-22,24-25,27-28,30-31,33,35-36,38-56H2,1-3H3,(H,62,65)/b20-17+,26-23+,32-29+,37-34+. The smallest absolute Gasteiger partial charge is 0.306 e. The van der Waals surface area contributed by atoms with E-state index in [1.165, 1.54) is 186 Å². The number of carbonyl (C=O) groups is 2. The Hall–Kier alpha value is -2.18. The van der Waals surface area contributed by atoms with E-state index in [2.05, 4.69) is 74.7 Å². The number of carbonyl (C=O) groups excluding carboxylic acids is 2. The number of allylic oxidation sites excluding steroid dienone is 8. The lowest BCUT2D eigenvalue weighted by Crippen LogP contribution is -2.46. The van der Waals surface area contributed by atoms with Crippen LogP contribution in [0.2, 0.25) is 0 Å². The van der Waals surface area contributed by atoms with Gasteiger partial charge in [-0.3, -0.25) is 9.59 Å². The molecule has 6 heteroatoms. The molecule has 0 spiro atoms. The van der Waals surface area contributed by atoms with E-state index in [0.29, 0.717) is 19.3 Å². The summed E-state index contributed by atoms with van der Waals surface area (Å²) < 4.78 is 5.95. The average Bonchev–Trinajstić information content (AvgIpc) is 3.32. The van der Waals surface area contributed by atoms with E-state index >= 15 is 0 Å². The maximum Gasteiger partial charge on any atom is 0.306 e. The third kappa shape index (κ3) is 50.0. The van der Waals surface area contributed by atoms with Gasteiger partial charge < -0.3 is 20.3 Å². The second kappa shape index (κ2) is 54.8. The van der Waals surface area contributed by atoms with Crippen LogP contribution in [-0.4, -0.2) is 46.9 Å². The number of aliphatic hydroxyl groups is 2. The summed E-state index contributed by atoms with van der Waals surface area (Å²) in [6.07, 6.45) is 67.4. The lowest BCUT2D eigenvalue weighted by Gasteiger charge is -2.24. The van der Waals surface area contributed by atoms with Crippen molar-refractivity contribution >= 4 is 11.9 Å². The first kappa shape index (κ1) is 64.8. The Balaban J connectivity index is 4.59. The van der Waals surface area contributed by atoms with Crippen molar-refractivity contribution in [2.75, 3.05) is 6.61 Å². The Kier molecular flexibility index (Phi) is 53.0. The van der Waals surface area contributed by atoms with Crippen LogP contribution in [0.15, 0.2) is 48.6 Å². The number of ether oxygens (including phenoxy) is 1. The van der Waals surface area contributed by atoms with Crippen LogP contribution in [0.4, 0.5) is 0 Å². The summed E-state index contributed by atoms with van der Waals surface area (Å²) in [5, 5.41) is 23.9. The Morgan fingerprint density at radius 2 is 0.761 bits per heavy atom. The fourth-order valence-electron chi connectivity index (χ4n) is 9.03. The molecule has 0 saturated heterocycles. The highest BCUT2D eigenvalue weighted by Crippen LogP contribution is 2.18. The molecule has 0 fully saturated rings. The Morgan fingerprint density at radius 3 is 1.18 bits per heavy atom. The SMILES string of the molecule is CCCCC/C=C/C=C/C=C/C=C/CCCCCC(CC(=O)NC(CO)C(O)CCCCCCCCCCCCCCCCCCC)OC(=O)CCCCCCCCCCCCCCCCC. The first-order valence-electron chi connectivity index (χ1n) is 29.4. The highest BCUT2D eigenvalue weighted by Gasteiger charge is 2.24. The van der Waals surface area contributed by atoms with Gasteiger partial charge in [-0.2, -0.15) is 0 Å². The van der Waals surface area contributed by atoms with Gasteiger partial charge in [0.1, 0.15) is 6.10 Å². The van der Waals surface area contributed by atoms with Crippen molar-refractivity contribution in [1.29, 1.82) is 0 Å². The van der Waals surface area contributed by atoms with Crippen molar-refractivity contribution in [3.05, 3.63) is 48.6 Å². The molecule has 6 nitrogen and oxygen atoms in total. The zero-order chi connectivity index (χ0) is 48.8. The fraction of sp³-hybridized carbons (Fsp3) is 0.836. The predicted molar refractivity (Wildman–Crippen MR) is 292 cm³/mol. The van der Waals surface area contributed by atoms with Crippen LogP contribution in [0.1, 0.15) is 303 Å². The van der Waals surface area contributed by atoms with Gasteiger partial charge in [-0.25, -0.2) is 0 Å². The summed E-state index contributed by atoms with van der Waals surface area (Å²) in [5.41, 5.74) is 0. The van der Waals surface area contributed by atoms with Crippen molar-refractivity contribution in [1.82, 2.24) is 5.32 Å². The molecule has 0 radical (unpaired) electrons. The molecule has 0 rings (SSSR count). The molecule has 67 heavy (non-hydrogen) atoms. The van der Waals surface area contributed by atoms with Gasteiger partial charge in [-0.1, -0.05) is 288 Å². The number of hydrogen-bond acceptors (Lipinski definition) is 5. The van der Waals surface area contributed by atoms with Gasteiger partial charge in [0, 0.05) is 6.42 Å². The maximum atomic E-state index is 13.3. The van der Waals surface area contributed by atoms with Crippen LogP contribution in [0.25, 0.3) is 0 Å². The van der Waals surface area contributed by atoms with Crippen LogP contribution < -0.4 is 5.32 Å². The summed E-state index contributed by atoms with van der Waals surface area (Å²) >= 11 is 0. The van der Waals surface area contributed by atoms with E-state index in [-0.39, 0.29) is 24.9 Å². The van der Waals surface area contributed by atoms with Crippen LogP contribution in [-0.2, 0) is 14.3 Å². The molecule has 3 atom stereocenters. The number of unbranched alkanes of at least 4 members (excludes halogenated alkanes) is 36. The summed E-state index contributed by atoms with van der Waals surface area (Å²) in [6.45, 7) is 6.47. The number of aliphatic hydroxyl groups excluding tert-OH is 2. The van der Waals surface area contributed by atoms with Crippen LogP contribution in [0.3, 0.4) is 0 Å². The van der Waals surface area contributed by atoms with E-state index in [9.17, 15) is 19.8 Å². The second-order valence-corrected chi connectivity index (χ2v) is 20.1. The lowest BCUT2D eigenvalue weighted by molar-refractivity contribution is -0.151. The van der Waals surface area contributed by atoms with E-state index in [4.69, 9.17) is 4.74 Å². The average molecular weight is 941 g/mol. The van der Waals surface area contributed by atoms with Crippen molar-refractivity contribution in [3.8, 4) is 0 Å². The van der Waals surface area contributed by atoms with E-state index in [1.807, 2.05) is 0 Å². The molecular weight excluding hydrogens is 827 g/mol. The molecule has 3 N–H and O–H groups in total. The number of nitrogens with one attached hydrogen (secondary N) is 1. The minimum absolute atomic E-state index is 0.0546. The summed E-state index contributed by atoms with van der Waals surface area (Å²) in [6, 6.07) is -0.714. The van der Waals surface area contributed by atoms with Crippen molar-refractivity contribution in [2.45, 2.75) is 322 Å². The molecule has 0 aliphatic heterocycles. The molecule has 0 aromatic heterocycles. The van der Waals surface area contributed by atoms with Crippen LogP contribution in [0.5, 0.6) is 0 Å². The highest BCUT2D eigenvalue weighted by atomic mass is 16.5. The Morgan fingerprint density at radius 1 is 0.433 bits per heavy atom. The van der Waals surface area contributed by atoms with E-state index < -0.39 is 18.2 Å². The first-order chi connectivity index (χ1) is 33.0. The van der Waals surface area contributed by atoms with Gasteiger partial charge >= 0.3 is 5.97 Å². The molecule has 0 saturated carbocycles. The maximum absolute atomic E-state index is 13.3. The third-order valence-electron chi connectivity index (χ3n) is 13.5. The lowest BCUT2D eigenvalue weighted by atomic mass is 10.0. The zero-order valence-corrected chi connectivity index (χ0v) is 44.8. The van der Waals surface area contributed by atoms with Gasteiger partial charge in [-0.15, -0.1) is 0 Å². The first-order valence-corrected chi connectivity index (χ1v) is 29.4. The second-order valence-electron chi connectivity index (χ2n) is 20.1. The number of esters is 1. The number of rotatable bonds is 53. The molecule has 0 aliphatic carbocycles.